The fourth-order valence-electron chi connectivity index (χ4n) is 1.36. The highest BCUT2D eigenvalue weighted by molar-refractivity contribution is 5.82. The van der Waals surface area contributed by atoms with E-state index >= 15 is 0 Å². The lowest BCUT2D eigenvalue weighted by Crippen LogP contribution is -2.43. The SMILES string of the molecule is CCCC(=O)C1CCC1N. The summed E-state index contributed by atoms with van der Waals surface area (Å²) in [6.45, 7) is 2.03. The van der Waals surface area contributed by atoms with Crippen LogP contribution in [0.1, 0.15) is 32.6 Å². The van der Waals surface area contributed by atoms with Crippen LogP contribution < -0.4 is 5.73 Å². The molecule has 2 unspecified atom stereocenters. The summed E-state index contributed by atoms with van der Waals surface area (Å²) in [7, 11) is 0. The van der Waals surface area contributed by atoms with E-state index in [-0.39, 0.29) is 12.0 Å². The third-order valence-corrected chi connectivity index (χ3v) is 2.24. The van der Waals surface area contributed by atoms with E-state index in [1.165, 1.54) is 0 Å². The van der Waals surface area contributed by atoms with Crippen molar-refractivity contribution in [3.05, 3.63) is 0 Å². The molecule has 1 rings (SSSR count). The van der Waals surface area contributed by atoms with Gasteiger partial charge in [-0.3, -0.25) is 4.79 Å². The molecule has 1 saturated carbocycles. The summed E-state index contributed by atoms with van der Waals surface area (Å²) in [5, 5.41) is 0. The Morgan fingerprint density at radius 1 is 1.60 bits per heavy atom. The highest BCUT2D eigenvalue weighted by Crippen LogP contribution is 2.27. The van der Waals surface area contributed by atoms with Gasteiger partial charge in [-0.2, -0.15) is 0 Å². The van der Waals surface area contributed by atoms with Gasteiger partial charge in [-0.15, -0.1) is 0 Å². The van der Waals surface area contributed by atoms with Crippen LogP contribution in [0.4, 0.5) is 0 Å². The summed E-state index contributed by atoms with van der Waals surface area (Å²) in [4.78, 5) is 11.2. The summed E-state index contributed by atoms with van der Waals surface area (Å²) in [5.41, 5.74) is 5.63. The van der Waals surface area contributed by atoms with E-state index < -0.39 is 0 Å². The van der Waals surface area contributed by atoms with Crippen LogP contribution in [-0.2, 0) is 4.79 Å². The molecule has 0 bridgehead atoms. The Morgan fingerprint density at radius 3 is 2.60 bits per heavy atom. The molecular weight excluding hydrogens is 126 g/mol. The molecule has 2 atom stereocenters. The molecular formula is C8H15NO. The second kappa shape index (κ2) is 3.15. The first-order valence-corrected chi connectivity index (χ1v) is 4.04. The minimum absolute atomic E-state index is 0.180. The Hall–Kier alpha value is -0.370. The summed E-state index contributed by atoms with van der Waals surface area (Å²) >= 11 is 0. The number of Topliss-reactive ketones (excluding diaryl/α,β-unsaturated/α-hetero) is 1. The molecule has 0 heterocycles. The number of hydrogen-bond acceptors (Lipinski definition) is 2. The predicted octanol–water partition coefficient (Wildman–Crippen LogP) is 1.09. The minimum atomic E-state index is 0.180. The molecule has 0 spiro atoms. The van der Waals surface area contributed by atoms with E-state index in [0.29, 0.717) is 5.78 Å². The lowest BCUT2D eigenvalue weighted by molar-refractivity contribution is -0.125. The normalized spacial score (nSPS) is 31.4. The standard InChI is InChI=1S/C8H15NO/c1-2-3-8(10)6-4-5-7(6)9/h6-7H,2-5,9H2,1H3. The molecule has 0 amide bonds. The number of carbonyl (C=O) groups is 1. The molecule has 1 aliphatic rings. The Balaban J connectivity index is 2.27. The minimum Gasteiger partial charge on any atom is -0.327 e. The Kier molecular flexibility index (Phi) is 2.44. The molecule has 58 valence electrons. The molecule has 1 fully saturated rings. The highest BCUT2D eigenvalue weighted by Gasteiger charge is 2.32. The molecule has 0 saturated heterocycles. The van der Waals surface area contributed by atoms with Gasteiger partial charge in [-0.1, -0.05) is 6.92 Å². The van der Waals surface area contributed by atoms with Gasteiger partial charge in [0.25, 0.3) is 0 Å². The largest absolute Gasteiger partial charge is 0.327 e. The first-order chi connectivity index (χ1) is 4.75. The average Bonchev–Trinajstić information content (AvgIpc) is 1.85. The molecule has 0 aromatic carbocycles. The lowest BCUT2D eigenvalue weighted by Gasteiger charge is -2.31. The molecule has 2 heteroatoms. The topological polar surface area (TPSA) is 43.1 Å². The summed E-state index contributed by atoms with van der Waals surface area (Å²) < 4.78 is 0. The number of rotatable bonds is 3. The quantitative estimate of drug-likeness (QED) is 0.639. The second-order valence-electron chi connectivity index (χ2n) is 3.06. The molecule has 0 aromatic rings. The predicted molar refractivity (Wildman–Crippen MR) is 40.6 cm³/mol. The van der Waals surface area contributed by atoms with Crippen molar-refractivity contribution < 1.29 is 4.79 Å². The van der Waals surface area contributed by atoms with Gasteiger partial charge in [-0.05, 0) is 19.3 Å². The monoisotopic (exact) mass is 141 g/mol. The second-order valence-corrected chi connectivity index (χ2v) is 3.06. The van der Waals surface area contributed by atoms with Crippen molar-refractivity contribution in [2.45, 2.75) is 38.6 Å². The van der Waals surface area contributed by atoms with Crippen LogP contribution in [0.3, 0.4) is 0 Å². The summed E-state index contributed by atoms with van der Waals surface area (Å²) in [6.07, 6.45) is 3.75. The maximum atomic E-state index is 11.2. The Labute approximate surface area is 61.8 Å². The highest BCUT2D eigenvalue weighted by atomic mass is 16.1. The molecule has 2 N–H and O–H groups in total. The smallest absolute Gasteiger partial charge is 0.137 e. The van der Waals surface area contributed by atoms with Crippen LogP contribution in [0.25, 0.3) is 0 Å². The first-order valence-electron chi connectivity index (χ1n) is 4.04. The van der Waals surface area contributed by atoms with Gasteiger partial charge in [0.15, 0.2) is 0 Å². The lowest BCUT2D eigenvalue weighted by atomic mass is 9.76. The van der Waals surface area contributed by atoms with E-state index in [1.807, 2.05) is 6.92 Å². The van der Waals surface area contributed by atoms with Gasteiger partial charge in [0, 0.05) is 18.4 Å². The van der Waals surface area contributed by atoms with Crippen LogP contribution in [-0.4, -0.2) is 11.8 Å². The van der Waals surface area contributed by atoms with Gasteiger partial charge < -0.3 is 5.73 Å². The molecule has 10 heavy (non-hydrogen) atoms. The third-order valence-electron chi connectivity index (χ3n) is 2.24. The van der Waals surface area contributed by atoms with Gasteiger partial charge >= 0.3 is 0 Å². The fraction of sp³-hybridized carbons (Fsp3) is 0.875. The molecule has 2 nitrogen and oxygen atoms in total. The van der Waals surface area contributed by atoms with Crippen molar-refractivity contribution in [3.63, 3.8) is 0 Å². The van der Waals surface area contributed by atoms with E-state index in [4.69, 9.17) is 5.73 Å². The van der Waals surface area contributed by atoms with Crippen molar-refractivity contribution in [2.24, 2.45) is 11.7 Å². The Morgan fingerprint density at radius 2 is 2.30 bits per heavy atom. The van der Waals surface area contributed by atoms with E-state index in [1.54, 1.807) is 0 Å². The van der Waals surface area contributed by atoms with Gasteiger partial charge in [0.1, 0.15) is 5.78 Å². The number of nitrogens with two attached hydrogens (primary N) is 1. The van der Waals surface area contributed by atoms with Crippen molar-refractivity contribution >= 4 is 5.78 Å². The number of carbonyl (C=O) groups excluding carboxylic acids is 1. The van der Waals surface area contributed by atoms with Crippen molar-refractivity contribution in [1.82, 2.24) is 0 Å². The number of ketones is 1. The molecule has 0 aromatic heterocycles. The van der Waals surface area contributed by atoms with Crippen LogP contribution >= 0.6 is 0 Å². The summed E-state index contributed by atoms with van der Waals surface area (Å²) in [5.74, 6) is 0.584. The van der Waals surface area contributed by atoms with Crippen molar-refractivity contribution in [3.8, 4) is 0 Å². The molecule has 0 radical (unpaired) electrons. The third kappa shape index (κ3) is 1.37. The zero-order valence-electron chi connectivity index (χ0n) is 6.47. The molecule has 0 aliphatic heterocycles. The van der Waals surface area contributed by atoms with Crippen LogP contribution in [0, 0.1) is 5.92 Å². The Bertz CT molecular complexity index is 133. The van der Waals surface area contributed by atoms with Gasteiger partial charge in [-0.25, -0.2) is 0 Å². The first kappa shape index (κ1) is 7.73. The van der Waals surface area contributed by atoms with Crippen LogP contribution in [0.5, 0.6) is 0 Å². The van der Waals surface area contributed by atoms with Crippen LogP contribution in [0.15, 0.2) is 0 Å². The maximum absolute atomic E-state index is 11.2. The van der Waals surface area contributed by atoms with Gasteiger partial charge in [0.2, 0.25) is 0 Å². The van der Waals surface area contributed by atoms with E-state index in [9.17, 15) is 4.79 Å². The number of hydrogen-bond donors (Lipinski definition) is 1. The van der Waals surface area contributed by atoms with Crippen molar-refractivity contribution in [2.75, 3.05) is 0 Å². The van der Waals surface area contributed by atoms with Crippen LogP contribution in [0.2, 0.25) is 0 Å². The zero-order chi connectivity index (χ0) is 7.56. The summed E-state index contributed by atoms with van der Waals surface area (Å²) in [6, 6.07) is 0.180. The average molecular weight is 141 g/mol. The zero-order valence-corrected chi connectivity index (χ0v) is 6.47. The fourth-order valence-corrected chi connectivity index (χ4v) is 1.36. The van der Waals surface area contributed by atoms with Gasteiger partial charge in [0.05, 0.1) is 0 Å². The maximum Gasteiger partial charge on any atom is 0.137 e. The van der Waals surface area contributed by atoms with E-state index in [0.717, 1.165) is 25.7 Å². The van der Waals surface area contributed by atoms with Crippen molar-refractivity contribution in [1.29, 1.82) is 0 Å². The van der Waals surface area contributed by atoms with E-state index in [2.05, 4.69) is 0 Å². The molecule has 1 aliphatic carbocycles.